The molecule has 0 fully saturated rings. The predicted octanol–water partition coefficient (Wildman–Crippen LogP) is 2.88. The number of halogens is 1. The molecule has 1 aliphatic heterocycles. The Morgan fingerprint density at radius 3 is 2.74 bits per heavy atom. The number of hydrogen-bond acceptors (Lipinski definition) is 5. The van der Waals surface area contributed by atoms with Crippen molar-refractivity contribution < 1.29 is 23.9 Å². The van der Waals surface area contributed by atoms with Gasteiger partial charge in [-0.05, 0) is 37.3 Å². The Morgan fingerprint density at radius 1 is 1.26 bits per heavy atom. The molecule has 140 valence electrons. The standard InChI is InChI=1S/C19H17ClN2O5/c1-11-18(24)22(15-5-3-4-6-16(15)27-11)10-17(23)21-14-9-12(19(25)26-2)7-8-13(14)20/h3-9,11H,10H2,1-2H3,(H,21,23). The normalized spacial score (nSPS) is 15.6. The number of rotatable bonds is 4. The van der Waals surface area contributed by atoms with E-state index < -0.39 is 18.0 Å². The summed E-state index contributed by atoms with van der Waals surface area (Å²) in [6, 6.07) is 11.4. The summed E-state index contributed by atoms with van der Waals surface area (Å²) in [7, 11) is 1.26. The molecule has 0 aliphatic carbocycles. The van der Waals surface area contributed by atoms with E-state index in [0.717, 1.165) is 0 Å². The van der Waals surface area contributed by atoms with E-state index >= 15 is 0 Å². The molecule has 1 heterocycles. The highest BCUT2D eigenvalue weighted by Crippen LogP contribution is 2.33. The van der Waals surface area contributed by atoms with Crippen LogP contribution in [0.2, 0.25) is 5.02 Å². The number of ether oxygens (including phenoxy) is 2. The number of para-hydroxylation sites is 2. The van der Waals surface area contributed by atoms with E-state index in [4.69, 9.17) is 16.3 Å². The lowest BCUT2D eigenvalue weighted by atomic mass is 10.1. The maximum atomic E-state index is 12.5. The van der Waals surface area contributed by atoms with Gasteiger partial charge in [0.25, 0.3) is 5.91 Å². The smallest absolute Gasteiger partial charge is 0.337 e. The van der Waals surface area contributed by atoms with Crippen LogP contribution in [0.3, 0.4) is 0 Å². The number of nitrogens with one attached hydrogen (secondary N) is 1. The van der Waals surface area contributed by atoms with Crippen molar-refractivity contribution in [2.45, 2.75) is 13.0 Å². The zero-order chi connectivity index (χ0) is 19.6. The lowest BCUT2D eigenvalue weighted by Crippen LogP contribution is -2.47. The van der Waals surface area contributed by atoms with Gasteiger partial charge in [0.2, 0.25) is 5.91 Å². The Labute approximate surface area is 160 Å². The summed E-state index contributed by atoms with van der Waals surface area (Å²) in [6.07, 6.45) is -0.695. The van der Waals surface area contributed by atoms with Crippen LogP contribution in [0.25, 0.3) is 0 Å². The number of benzene rings is 2. The number of anilines is 2. The highest BCUT2D eigenvalue weighted by Gasteiger charge is 2.32. The predicted molar refractivity (Wildman–Crippen MR) is 100 cm³/mol. The molecule has 0 spiro atoms. The van der Waals surface area contributed by atoms with Crippen LogP contribution in [0.15, 0.2) is 42.5 Å². The SMILES string of the molecule is COC(=O)c1ccc(Cl)c(NC(=O)CN2C(=O)C(C)Oc3ccccc32)c1. The molecule has 0 bridgehead atoms. The van der Waals surface area contributed by atoms with Gasteiger partial charge >= 0.3 is 5.97 Å². The molecule has 1 aliphatic rings. The molecule has 3 rings (SSSR count). The Hall–Kier alpha value is -3.06. The van der Waals surface area contributed by atoms with E-state index in [1.807, 2.05) is 0 Å². The van der Waals surface area contributed by atoms with Crippen LogP contribution in [0.5, 0.6) is 5.75 Å². The Bertz CT molecular complexity index is 915. The largest absolute Gasteiger partial charge is 0.479 e. The van der Waals surface area contributed by atoms with Gasteiger partial charge in [0, 0.05) is 0 Å². The fourth-order valence-corrected chi connectivity index (χ4v) is 2.89. The number of amides is 2. The second-order valence-corrected chi connectivity index (χ2v) is 6.29. The van der Waals surface area contributed by atoms with Gasteiger partial charge in [-0.2, -0.15) is 0 Å². The first-order valence-electron chi connectivity index (χ1n) is 8.15. The Kier molecular flexibility index (Phi) is 5.32. The third-order valence-corrected chi connectivity index (χ3v) is 4.37. The molecular weight excluding hydrogens is 372 g/mol. The number of methoxy groups -OCH3 is 1. The topological polar surface area (TPSA) is 84.9 Å². The number of esters is 1. The van der Waals surface area contributed by atoms with Crippen molar-refractivity contribution in [2.75, 3.05) is 23.9 Å². The summed E-state index contributed by atoms with van der Waals surface area (Å²) in [5.41, 5.74) is 1.02. The van der Waals surface area contributed by atoms with Crippen LogP contribution >= 0.6 is 11.6 Å². The van der Waals surface area contributed by atoms with Crippen molar-refractivity contribution in [2.24, 2.45) is 0 Å². The summed E-state index contributed by atoms with van der Waals surface area (Å²) in [5.74, 6) is -0.800. The summed E-state index contributed by atoms with van der Waals surface area (Å²) < 4.78 is 10.2. The van der Waals surface area contributed by atoms with E-state index in [1.54, 1.807) is 31.2 Å². The number of hydrogen-bond donors (Lipinski definition) is 1. The third-order valence-electron chi connectivity index (χ3n) is 4.04. The molecule has 0 saturated heterocycles. The monoisotopic (exact) mass is 388 g/mol. The minimum absolute atomic E-state index is 0.220. The van der Waals surface area contributed by atoms with Crippen molar-refractivity contribution >= 4 is 40.8 Å². The lowest BCUT2D eigenvalue weighted by molar-refractivity contribution is -0.127. The number of carbonyl (C=O) groups excluding carboxylic acids is 3. The second kappa shape index (κ2) is 7.67. The van der Waals surface area contributed by atoms with Crippen molar-refractivity contribution in [1.82, 2.24) is 0 Å². The first-order chi connectivity index (χ1) is 12.9. The van der Waals surface area contributed by atoms with E-state index in [1.165, 1.54) is 30.2 Å². The van der Waals surface area contributed by atoms with E-state index in [-0.39, 0.29) is 28.7 Å². The van der Waals surface area contributed by atoms with Crippen LogP contribution in [-0.2, 0) is 14.3 Å². The quantitative estimate of drug-likeness (QED) is 0.814. The average Bonchev–Trinajstić information content (AvgIpc) is 2.66. The molecule has 2 amide bonds. The van der Waals surface area contributed by atoms with Crippen LogP contribution < -0.4 is 15.0 Å². The fourth-order valence-electron chi connectivity index (χ4n) is 2.72. The van der Waals surface area contributed by atoms with Crippen molar-refractivity contribution in [3.8, 4) is 5.75 Å². The minimum Gasteiger partial charge on any atom is -0.479 e. The molecule has 1 unspecified atom stereocenters. The van der Waals surface area contributed by atoms with Crippen LogP contribution in [0, 0.1) is 0 Å². The summed E-state index contributed by atoms with van der Waals surface area (Å²) >= 11 is 6.10. The van der Waals surface area contributed by atoms with Crippen LogP contribution in [-0.4, -0.2) is 37.5 Å². The van der Waals surface area contributed by atoms with Gasteiger partial charge in [-0.3, -0.25) is 14.5 Å². The Morgan fingerprint density at radius 2 is 2.00 bits per heavy atom. The first-order valence-corrected chi connectivity index (χ1v) is 8.53. The average molecular weight is 389 g/mol. The number of fused-ring (bicyclic) bond motifs is 1. The van der Waals surface area contributed by atoms with Gasteiger partial charge < -0.3 is 14.8 Å². The molecule has 2 aromatic carbocycles. The summed E-state index contributed by atoms with van der Waals surface area (Å²) in [4.78, 5) is 38.0. The molecule has 1 atom stereocenters. The van der Waals surface area contributed by atoms with Crippen molar-refractivity contribution in [3.05, 3.63) is 53.1 Å². The first kappa shape index (κ1) is 18.7. The fraction of sp³-hybridized carbons (Fsp3) is 0.211. The Balaban J connectivity index is 1.80. The van der Waals surface area contributed by atoms with Crippen LogP contribution in [0.4, 0.5) is 11.4 Å². The van der Waals surface area contributed by atoms with E-state index in [2.05, 4.69) is 10.1 Å². The van der Waals surface area contributed by atoms with E-state index in [9.17, 15) is 14.4 Å². The molecule has 0 radical (unpaired) electrons. The molecule has 2 aromatic rings. The summed E-state index contributed by atoms with van der Waals surface area (Å²) in [5, 5.41) is 2.89. The third kappa shape index (κ3) is 3.88. The molecule has 8 heteroatoms. The van der Waals surface area contributed by atoms with Gasteiger partial charge in [0.1, 0.15) is 12.3 Å². The minimum atomic E-state index is -0.695. The molecule has 0 aromatic heterocycles. The van der Waals surface area contributed by atoms with Crippen molar-refractivity contribution in [1.29, 1.82) is 0 Å². The number of nitrogens with zero attached hydrogens (tertiary/aromatic N) is 1. The molecule has 0 saturated carbocycles. The molecule has 1 N–H and O–H groups in total. The maximum absolute atomic E-state index is 12.5. The van der Waals surface area contributed by atoms with Crippen molar-refractivity contribution in [3.63, 3.8) is 0 Å². The molecule has 7 nitrogen and oxygen atoms in total. The van der Waals surface area contributed by atoms with Gasteiger partial charge in [-0.25, -0.2) is 4.79 Å². The zero-order valence-corrected chi connectivity index (χ0v) is 15.4. The number of carbonyl (C=O) groups is 3. The summed E-state index contributed by atoms with van der Waals surface area (Å²) in [6.45, 7) is 1.40. The van der Waals surface area contributed by atoms with E-state index in [0.29, 0.717) is 11.4 Å². The zero-order valence-electron chi connectivity index (χ0n) is 14.7. The molecule has 27 heavy (non-hydrogen) atoms. The second-order valence-electron chi connectivity index (χ2n) is 5.89. The maximum Gasteiger partial charge on any atom is 0.337 e. The van der Waals surface area contributed by atoms with Gasteiger partial charge in [0.05, 0.1) is 29.1 Å². The van der Waals surface area contributed by atoms with Crippen LogP contribution in [0.1, 0.15) is 17.3 Å². The highest BCUT2D eigenvalue weighted by atomic mass is 35.5. The van der Waals surface area contributed by atoms with Gasteiger partial charge in [-0.15, -0.1) is 0 Å². The van der Waals surface area contributed by atoms with Gasteiger partial charge in [-0.1, -0.05) is 23.7 Å². The van der Waals surface area contributed by atoms with Gasteiger partial charge in [0.15, 0.2) is 6.10 Å². The molecular formula is C19H17ClN2O5. The highest BCUT2D eigenvalue weighted by molar-refractivity contribution is 6.34. The lowest BCUT2D eigenvalue weighted by Gasteiger charge is -2.32.